The summed E-state index contributed by atoms with van der Waals surface area (Å²) in [6.45, 7) is 1.31. The summed E-state index contributed by atoms with van der Waals surface area (Å²) in [4.78, 5) is 17.2. The number of hydrogen-bond donors (Lipinski definition) is 3. The number of hydrogen-bond acceptors (Lipinski definition) is 3. The summed E-state index contributed by atoms with van der Waals surface area (Å²) in [6, 6.07) is 5.77. The zero-order valence-electron chi connectivity index (χ0n) is 13.3. The number of aliphatic hydroxyl groups is 1. The molecule has 2 aromatic rings. The van der Waals surface area contributed by atoms with Gasteiger partial charge in [0.25, 0.3) is 0 Å². The van der Waals surface area contributed by atoms with E-state index in [1.807, 2.05) is 24.4 Å². The Kier molecular flexibility index (Phi) is 4.71. The summed E-state index contributed by atoms with van der Waals surface area (Å²) in [5.41, 5.74) is 2.16. The van der Waals surface area contributed by atoms with Crippen LogP contribution in [0.25, 0.3) is 10.9 Å². The zero-order chi connectivity index (χ0) is 16.2. The first kappa shape index (κ1) is 15.7. The van der Waals surface area contributed by atoms with E-state index in [2.05, 4.69) is 10.3 Å². The van der Waals surface area contributed by atoms with Gasteiger partial charge in [0.15, 0.2) is 0 Å². The van der Waals surface area contributed by atoms with Crippen LogP contribution < -0.4 is 10.1 Å². The minimum absolute atomic E-state index is 0.0348. The van der Waals surface area contributed by atoms with Crippen LogP contribution in [-0.2, 0) is 6.42 Å². The van der Waals surface area contributed by atoms with Crippen LogP contribution in [0.15, 0.2) is 24.4 Å². The Morgan fingerprint density at radius 3 is 3.17 bits per heavy atom. The lowest BCUT2D eigenvalue weighted by Gasteiger charge is -2.23. The number of carbonyl (C=O) groups excluding carboxylic acids is 1. The number of aliphatic hydroxyl groups excluding tert-OH is 1. The van der Waals surface area contributed by atoms with E-state index in [1.54, 1.807) is 12.0 Å². The van der Waals surface area contributed by atoms with E-state index >= 15 is 0 Å². The summed E-state index contributed by atoms with van der Waals surface area (Å²) in [5.74, 6) is 0.838. The van der Waals surface area contributed by atoms with Crippen molar-refractivity contribution in [3.8, 4) is 5.75 Å². The first-order valence-electron chi connectivity index (χ1n) is 8.03. The summed E-state index contributed by atoms with van der Waals surface area (Å²) in [5, 5.41) is 13.3. The number of H-pyrrole nitrogens is 1. The Morgan fingerprint density at radius 2 is 2.39 bits per heavy atom. The molecule has 1 saturated heterocycles. The van der Waals surface area contributed by atoms with Gasteiger partial charge in [-0.05, 0) is 37.0 Å². The first-order valence-corrected chi connectivity index (χ1v) is 8.03. The van der Waals surface area contributed by atoms with Gasteiger partial charge in [-0.25, -0.2) is 4.79 Å². The molecule has 2 heterocycles. The van der Waals surface area contributed by atoms with E-state index in [4.69, 9.17) is 4.74 Å². The molecule has 1 aliphatic heterocycles. The number of aromatic nitrogens is 1. The Labute approximate surface area is 135 Å². The van der Waals surface area contributed by atoms with Gasteiger partial charge < -0.3 is 25.0 Å². The maximum atomic E-state index is 12.2. The molecule has 6 nitrogen and oxygen atoms in total. The minimum atomic E-state index is -0.0895. The molecule has 2 amide bonds. The number of rotatable bonds is 5. The van der Waals surface area contributed by atoms with Crippen LogP contribution >= 0.6 is 0 Å². The molecule has 3 N–H and O–H groups in total. The minimum Gasteiger partial charge on any atom is -0.496 e. The van der Waals surface area contributed by atoms with E-state index in [9.17, 15) is 9.90 Å². The predicted molar refractivity (Wildman–Crippen MR) is 88.8 cm³/mol. The lowest BCUT2D eigenvalue weighted by atomic mass is 10.1. The Hall–Kier alpha value is -2.21. The molecule has 1 atom stereocenters. The highest BCUT2D eigenvalue weighted by atomic mass is 16.5. The highest BCUT2D eigenvalue weighted by molar-refractivity contribution is 5.89. The fourth-order valence-electron chi connectivity index (χ4n) is 3.29. The van der Waals surface area contributed by atoms with Crippen molar-refractivity contribution in [1.82, 2.24) is 15.2 Å². The number of methoxy groups -OCH3 is 1. The van der Waals surface area contributed by atoms with Crippen LogP contribution in [0.1, 0.15) is 18.4 Å². The molecule has 124 valence electrons. The second kappa shape index (κ2) is 6.91. The molecule has 1 aliphatic rings. The van der Waals surface area contributed by atoms with Crippen molar-refractivity contribution in [2.45, 2.75) is 25.3 Å². The summed E-state index contributed by atoms with van der Waals surface area (Å²) in [7, 11) is 1.66. The number of carbonyl (C=O) groups is 1. The van der Waals surface area contributed by atoms with Crippen LogP contribution in [0.4, 0.5) is 4.79 Å². The van der Waals surface area contributed by atoms with Crippen molar-refractivity contribution in [3.05, 3.63) is 30.0 Å². The zero-order valence-corrected chi connectivity index (χ0v) is 13.3. The van der Waals surface area contributed by atoms with Crippen LogP contribution in [0.3, 0.4) is 0 Å². The van der Waals surface area contributed by atoms with Gasteiger partial charge in [0.1, 0.15) is 5.75 Å². The van der Waals surface area contributed by atoms with Crippen molar-refractivity contribution < 1.29 is 14.6 Å². The molecule has 1 aromatic carbocycles. The molecule has 0 unspecified atom stereocenters. The molecule has 6 heteroatoms. The number of benzene rings is 1. The Bertz CT molecular complexity index is 683. The fraction of sp³-hybridized carbons (Fsp3) is 0.471. The van der Waals surface area contributed by atoms with Gasteiger partial charge in [-0.15, -0.1) is 0 Å². The van der Waals surface area contributed by atoms with Crippen molar-refractivity contribution in [2.24, 2.45) is 0 Å². The average molecular weight is 317 g/mol. The monoisotopic (exact) mass is 317 g/mol. The van der Waals surface area contributed by atoms with Gasteiger partial charge in [-0.1, -0.05) is 6.07 Å². The van der Waals surface area contributed by atoms with E-state index in [0.717, 1.165) is 48.0 Å². The average Bonchev–Trinajstić information content (AvgIpc) is 3.21. The van der Waals surface area contributed by atoms with Crippen molar-refractivity contribution >= 4 is 16.9 Å². The highest BCUT2D eigenvalue weighted by Crippen LogP contribution is 2.28. The van der Waals surface area contributed by atoms with Crippen LogP contribution in [0.2, 0.25) is 0 Å². The number of nitrogens with one attached hydrogen (secondary N) is 2. The molecule has 0 radical (unpaired) electrons. The SMILES string of the molecule is COc1cccc2[nH]cc(CCNC(=O)N3CCC[C@@H]3CO)c12. The number of urea groups is 1. The van der Waals surface area contributed by atoms with Crippen molar-refractivity contribution in [1.29, 1.82) is 0 Å². The lowest BCUT2D eigenvalue weighted by Crippen LogP contribution is -2.44. The predicted octanol–water partition coefficient (Wildman–Crippen LogP) is 1.89. The van der Waals surface area contributed by atoms with Gasteiger partial charge in [0, 0.05) is 30.2 Å². The largest absolute Gasteiger partial charge is 0.496 e. The second-order valence-corrected chi connectivity index (χ2v) is 5.85. The summed E-state index contributed by atoms with van der Waals surface area (Å²) < 4.78 is 5.42. The van der Waals surface area contributed by atoms with Crippen LogP contribution in [0.5, 0.6) is 5.75 Å². The first-order chi connectivity index (χ1) is 11.2. The van der Waals surface area contributed by atoms with Gasteiger partial charge in [0.2, 0.25) is 0 Å². The van der Waals surface area contributed by atoms with Gasteiger partial charge in [-0.2, -0.15) is 0 Å². The van der Waals surface area contributed by atoms with E-state index in [1.165, 1.54) is 0 Å². The molecular weight excluding hydrogens is 294 g/mol. The highest BCUT2D eigenvalue weighted by Gasteiger charge is 2.27. The van der Waals surface area contributed by atoms with E-state index in [-0.39, 0.29) is 18.7 Å². The Balaban J connectivity index is 1.62. The molecule has 1 fully saturated rings. The van der Waals surface area contributed by atoms with Crippen molar-refractivity contribution in [2.75, 3.05) is 26.8 Å². The van der Waals surface area contributed by atoms with E-state index in [0.29, 0.717) is 6.54 Å². The molecule has 1 aromatic heterocycles. The number of likely N-dealkylation sites (tertiary alicyclic amines) is 1. The number of aromatic amines is 1. The lowest BCUT2D eigenvalue weighted by molar-refractivity contribution is 0.157. The molecule has 0 aliphatic carbocycles. The second-order valence-electron chi connectivity index (χ2n) is 5.85. The third kappa shape index (κ3) is 3.12. The third-order valence-electron chi connectivity index (χ3n) is 4.49. The molecule has 0 saturated carbocycles. The normalized spacial score (nSPS) is 17.7. The van der Waals surface area contributed by atoms with Crippen LogP contribution in [-0.4, -0.2) is 53.9 Å². The standard InChI is InChI=1S/C17H23N3O3/c1-23-15-6-2-5-14-16(15)12(10-19-14)7-8-18-17(22)20-9-3-4-13(20)11-21/h2,5-6,10,13,19,21H,3-4,7-9,11H2,1H3,(H,18,22)/t13-/m1/s1. The number of fused-ring (bicyclic) bond motifs is 1. The Morgan fingerprint density at radius 1 is 1.52 bits per heavy atom. The van der Waals surface area contributed by atoms with Gasteiger partial charge in [-0.3, -0.25) is 0 Å². The smallest absolute Gasteiger partial charge is 0.317 e. The number of ether oxygens (including phenoxy) is 1. The molecule has 3 rings (SSSR count). The maximum absolute atomic E-state index is 12.2. The third-order valence-corrected chi connectivity index (χ3v) is 4.49. The summed E-state index contributed by atoms with van der Waals surface area (Å²) in [6.07, 6.45) is 4.53. The van der Waals surface area contributed by atoms with Crippen LogP contribution in [0, 0.1) is 0 Å². The number of amides is 2. The maximum Gasteiger partial charge on any atom is 0.317 e. The van der Waals surface area contributed by atoms with Gasteiger partial charge >= 0.3 is 6.03 Å². The number of nitrogens with zero attached hydrogens (tertiary/aromatic N) is 1. The molecular formula is C17H23N3O3. The van der Waals surface area contributed by atoms with Gasteiger partial charge in [0.05, 0.1) is 19.8 Å². The fourth-order valence-corrected chi connectivity index (χ4v) is 3.29. The molecule has 0 bridgehead atoms. The molecule has 23 heavy (non-hydrogen) atoms. The van der Waals surface area contributed by atoms with E-state index < -0.39 is 0 Å². The molecule has 0 spiro atoms. The quantitative estimate of drug-likeness (QED) is 0.788. The topological polar surface area (TPSA) is 77.6 Å². The summed E-state index contributed by atoms with van der Waals surface area (Å²) >= 11 is 0. The van der Waals surface area contributed by atoms with Crippen molar-refractivity contribution in [3.63, 3.8) is 0 Å².